The summed E-state index contributed by atoms with van der Waals surface area (Å²) in [7, 11) is 3.23. The molecule has 3 aliphatic heterocycles. The Kier molecular flexibility index (Phi) is 6.74. The maximum atomic E-state index is 13.8. The van der Waals surface area contributed by atoms with Gasteiger partial charge >= 0.3 is 0 Å². The highest BCUT2D eigenvalue weighted by Gasteiger charge is 2.41. The SMILES string of the molecule is COc1cc2ncc(C(=O)N3CCN(SC)CC3)c(N3CCC4(CC3)OCCO4)c2cc1OC. The molecular formula is C24H32N4O5S. The molecule has 1 amide bonds. The van der Waals surface area contributed by atoms with Crippen LogP contribution in [-0.4, -0.2) is 98.8 Å². The Morgan fingerprint density at radius 1 is 1.00 bits per heavy atom. The normalized spacial score (nSPS) is 20.8. The topological polar surface area (TPSA) is 76.6 Å². The molecule has 9 nitrogen and oxygen atoms in total. The lowest BCUT2D eigenvalue weighted by atomic mass is 9.99. The van der Waals surface area contributed by atoms with Gasteiger partial charge in [-0.05, 0) is 12.3 Å². The number of piperazine rings is 1. The number of amides is 1. The number of piperidine rings is 1. The zero-order valence-corrected chi connectivity index (χ0v) is 20.9. The summed E-state index contributed by atoms with van der Waals surface area (Å²) in [6.45, 7) is 5.86. The van der Waals surface area contributed by atoms with Crippen LogP contribution in [0.2, 0.25) is 0 Å². The van der Waals surface area contributed by atoms with Gasteiger partial charge in [0, 0.05) is 69.8 Å². The predicted molar refractivity (Wildman–Crippen MR) is 132 cm³/mol. The van der Waals surface area contributed by atoms with E-state index in [4.69, 9.17) is 18.9 Å². The molecule has 5 rings (SSSR count). The van der Waals surface area contributed by atoms with Crippen LogP contribution in [0.4, 0.5) is 5.69 Å². The van der Waals surface area contributed by atoms with Crippen molar-refractivity contribution < 1.29 is 23.7 Å². The minimum atomic E-state index is -0.488. The van der Waals surface area contributed by atoms with Crippen LogP contribution in [-0.2, 0) is 9.47 Å². The monoisotopic (exact) mass is 488 g/mol. The van der Waals surface area contributed by atoms with Crippen LogP contribution in [0.15, 0.2) is 18.3 Å². The molecule has 10 heteroatoms. The summed E-state index contributed by atoms with van der Waals surface area (Å²) in [5, 5.41) is 0.885. The highest BCUT2D eigenvalue weighted by molar-refractivity contribution is 7.96. The lowest BCUT2D eigenvalue weighted by Crippen LogP contribution is -2.48. The maximum Gasteiger partial charge on any atom is 0.257 e. The number of nitrogens with zero attached hydrogens (tertiary/aromatic N) is 4. The number of hydrogen-bond donors (Lipinski definition) is 0. The van der Waals surface area contributed by atoms with Crippen LogP contribution in [0.1, 0.15) is 23.2 Å². The fraction of sp³-hybridized carbons (Fsp3) is 0.583. The first-order chi connectivity index (χ1) is 16.6. The Hall–Kier alpha value is -2.27. The third-order valence-electron chi connectivity index (χ3n) is 7.01. The number of carbonyl (C=O) groups excluding carboxylic acids is 1. The fourth-order valence-corrected chi connectivity index (χ4v) is 5.63. The molecule has 0 atom stereocenters. The van der Waals surface area contributed by atoms with Gasteiger partial charge in [0.2, 0.25) is 0 Å². The van der Waals surface area contributed by atoms with E-state index in [1.807, 2.05) is 17.0 Å². The first-order valence-electron chi connectivity index (χ1n) is 11.7. The van der Waals surface area contributed by atoms with Gasteiger partial charge in [-0.2, -0.15) is 0 Å². The Morgan fingerprint density at radius 2 is 1.65 bits per heavy atom. The number of rotatable bonds is 5. The lowest BCUT2D eigenvalue weighted by molar-refractivity contribution is -0.169. The number of benzene rings is 1. The summed E-state index contributed by atoms with van der Waals surface area (Å²) in [5.74, 6) is 0.769. The van der Waals surface area contributed by atoms with E-state index in [1.165, 1.54) is 0 Å². The molecule has 0 N–H and O–H groups in total. The van der Waals surface area contributed by atoms with E-state index < -0.39 is 5.79 Å². The number of anilines is 1. The van der Waals surface area contributed by atoms with E-state index in [2.05, 4.69) is 20.4 Å². The summed E-state index contributed by atoms with van der Waals surface area (Å²) in [6.07, 6.45) is 5.31. The summed E-state index contributed by atoms with van der Waals surface area (Å²) < 4.78 is 25.2. The highest BCUT2D eigenvalue weighted by atomic mass is 32.2. The molecular weight excluding hydrogens is 456 g/mol. The Labute approximate surface area is 204 Å². The van der Waals surface area contributed by atoms with E-state index in [0.717, 1.165) is 55.6 Å². The van der Waals surface area contributed by atoms with Gasteiger partial charge in [0.05, 0.1) is 44.2 Å². The number of fused-ring (bicyclic) bond motifs is 1. The molecule has 34 heavy (non-hydrogen) atoms. The van der Waals surface area contributed by atoms with Crippen LogP contribution >= 0.6 is 11.9 Å². The average Bonchev–Trinajstić information content (AvgIpc) is 3.35. The zero-order chi connectivity index (χ0) is 23.7. The molecule has 0 bridgehead atoms. The number of methoxy groups -OCH3 is 2. The van der Waals surface area contributed by atoms with Crippen molar-refractivity contribution in [2.75, 3.05) is 77.9 Å². The zero-order valence-electron chi connectivity index (χ0n) is 20.0. The lowest BCUT2D eigenvalue weighted by Gasteiger charge is -2.40. The van der Waals surface area contributed by atoms with Crippen molar-refractivity contribution in [3.8, 4) is 11.5 Å². The van der Waals surface area contributed by atoms with Gasteiger partial charge in [0.15, 0.2) is 17.3 Å². The number of pyridine rings is 1. The average molecular weight is 489 g/mol. The minimum absolute atomic E-state index is 0.0218. The Morgan fingerprint density at radius 3 is 2.26 bits per heavy atom. The molecule has 0 saturated carbocycles. The second kappa shape index (κ2) is 9.77. The van der Waals surface area contributed by atoms with Crippen LogP contribution < -0.4 is 14.4 Å². The van der Waals surface area contributed by atoms with E-state index in [1.54, 1.807) is 32.4 Å². The van der Waals surface area contributed by atoms with Crippen molar-refractivity contribution >= 4 is 34.4 Å². The Bertz CT molecular complexity index is 1040. The second-order valence-electron chi connectivity index (χ2n) is 8.74. The number of hydrogen-bond acceptors (Lipinski definition) is 9. The van der Waals surface area contributed by atoms with Crippen molar-refractivity contribution in [1.29, 1.82) is 0 Å². The molecule has 1 aromatic carbocycles. The second-order valence-corrected chi connectivity index (χ2v) is 9.62. The molecule has 3 saturated heterocycles. The maximum absolute atomic E-state index is 13.8. The van der Waals surface area contributed by atoms with Crippen molar-refractivity contribution in [1.82, 2.24) is 14.2 Å². The smallest absolute Gasteiger partial charge is 0.257 e. The van der Waals surface area contributed by atoms with Gasteiger partial charge in [-0.15, -0.1) is 0 Å². The summed E-state index contributed by atoms with van der Waals surface area (Å²) >= 11 is 1.73. The molecule has 4 heterocycles. The summed E-state index contributed by atoms with van der Waals surface area (Å²) in [4.78, 5) is 22.6. The first kappa shape index (κ1) is 23.5. The van der Waals surface area contributed by atoms with Crippen LogP contribution in [0.5, 0.6) is 11.5 Å². The number of ether oxygens (including phenoxy) is 4. The predicted octanol–water partition coefficient (Wildman–Crippen LogP) is 2.63. The molecule has 2 aromatic rings. The van der Waals surface area contributed by atoms with Gasteiger partial charge < -0.3 is 28.7 Å². The molecule has 0 unspecified atom stereocenters. The van der Waals surface area contributed by atoms with Gasteiger partial charge in [-0.1, -0.05) is 11.9 Å². The van der Waals surface area contributed by atoms with Crippen molar-refractivity contribution in [2.24, 2.45) is 0 Å². The molecule has 184 valence electrons. The standard InChI is InChI=1S/C24H32N4O5S/c1-30-20-14-17-19(15-21(20)31-2)25-16-18(23(29)27-8-10-28(34-3)11-9-27)22(17)26-6-4-24(5-7-26)32-12-13-33-24/h14-16H,4-13H2,1-3H3. The molecule has 0 aliphatic carbocycles. The molecule has 3 aliphatic rings. The molecule has 1 spiro atoms. The molecule has 1 aromatic heterocycles. The minimum Gasteiger partial charge on any atom is -0.493 e. The summed E-state index contributed by atoms with van der Waals surface area (Å²) in [6, 6.07) is 3.81. The van der Waals surface area contributed by atoms with E-state index in [-0.39, 0.29) is 5.91 Å². The van der Waals surface area contributed by atoms with Crippen molar-refractivity contribution in [2.45, 2.75) is 18.6 Å². The number of aromatic nitrogens is 1. The van der Waals surface area contributed by atoms with Gasteiger partial charge in [0.1, 0.15) is 0 Å². The quantitative estimate of drug-likeness (QED) is 0.590. The van der Waals surface area contributed by atoms with Crippen LogP contribution in [0.3, 0.4) is 0 Å². The van der Waals surface area contributed by atoms with E-state index in [0.29, 0.717) is 43.4 Å². The van der Waals surface area contributed by atoms with Crippen molar-refractivity contribution in [3.63, 3.8) is 0 Å². The van der Waals surface area contributed by atoms with Crippen molar-refractivity contribution in [3.05, 3.63) is 23.9 Å². The van der Waals surface area contributed by atoms with Crippen LogP contribution in [0, 0.1) is 0 Å². The third-order valence-corrected chi connectivity index (χ3v) is 7.90. The number of carbonyl (C=O) groups is 1. The molecule has 3 fully saturated rings. The largest absolute Gasteiger partial charge is 0.493 e. The highest BCUT2D eigenvalue weighted by Crippen LogP contribution is 2.41. The molecule has 0 radical (unpaired) electrons. The van der Waals surface area contributed by atoms with Gasteiger partial charge in [0.25, 0.3) is 5.91 Å². The van der Waals surface area contributed by atoms with E-state index in [9.17, 15) is 4.79 Å². The van der Waals surface area contributed by atoms with Gasteiger partial charge in [-0.25, -0.2) is 4.31 Å². The van der Waals surface area contributed by atoms with E-state index >= 15 is 0 Å². The summed E-state index contributed by atoms with van der Waals surface area (Å²) in [5.41, 5.74) is 2.29. The third kappa shape index (κ3) is 4.28. The Balaban J connectivity index is 1.54. The van der Waals surface area contributed by atoms with Crippen LogP contribution in [0.25, 0.3) is 10.9 Å². The van der Waals surface area contributed by atoms with Gasteiger partial charge in [-0.3, -0.25) is 9.78 Å². The first-order valence-corrected chi connectivity index (χ1v) is 12.9. The fourth-order valence-electron chi connectivity index (χ4n) is 5.10.